The number of nitrogens with one attached hydrogen (secondary N) is 3. The van der Waals surface area contributed by atoms with Crippen molar-refractivity contribution in [3.63, 3.8) is 0 Å². The topological polar surface area (TPSA) is 154 Å². The monoisotopic (exact) mass is 733 g/mol. The van der Waals surface area contributed by atoms with Crippen LogP contribution in [-0.2, 0) is 35.7 Å². The van der Waals surface area contributed by atoms with Crippen LogP contribution >= 0.6 is 0 Å². The number of ether oxygens (including phenoxy) is 1. The summed E-state index contributed by atoms with van der Waals surface area (Å²) in [5.41, 5.74) is -1.01. The third-order valence-electron chi connectivity index (χ3n) is 11.3. The molecule has 0 spiro atoms. The third-order valence-corrected chi connectivity index (χ3v) is 13.1. The van der Waals surface area contributed by atoms with E-state index in [0.717, 1.165) is 24.6 Å². The van der Waals surface area contributed by atoms with Crippen LogP contribution in [0.5, 0.6) is 0 Å². The zero-order chi connectivity index (χ0) is 36.8. The second-order valence-corrected chi connectivity index (χ2v) is 18.4. The Bertz CT molecular complexity index is 1870. The van der Waals surface area contributed by atoms with Crippen molar-refractivity contribution < 1.29 is 32.3 Å². The molecular weight excluding hydrogens is 683 g/mol. The first-order chi connectivity index (χ1) is 24.7. The van der Waals surface area contributed by atoms with Gasteiger partial charge in [0, 0.05) is 38.0 Å². The van der Waals surface area contributed by atoms with E-state index < -0.39 is 56.4 Å². The first kappa shape index (κ1) is 36.4. The number of fused-ring (bicyclic) bond motifs is 5. The van der Waals surface area contributed by atoms with Crippen molar-refractivity contribution in [3.05, 3.63) is 60.2 Å². The van der Waals surface area contributed by atoms with Crippen LogP contribution in [0.1, 0.15) is 77.7 Å². The van der Waals surface area contributed by atoms with Crippen molar-refractivity contribution in [2.24, 2.45) is 17.8 Å². The molecule has 0 bridgehead atoms. The molecule has 13 heteroatoms. The molecule has 3 N–H and O–H groups in total. The van der Waals surface area contributed by atoms with Crippen LogP contribution in [0, 0.1) is 17.8 Å². The summed E-state index contributed by atoms with van der Waals surface area (Å²) in [5.74, 6) is -2.19. The Morgan fingerprint density at radius 2 is 1.75 bits per heavy atom. The van der Waals surface area contributed by atoms with E-state index in [4.69, 9.17) is 4.74 Å². The lowest BCUT2D eigenvalue weighted by Crippen LogP contribution is -2.60. The number of hydrogen-bond acceptors (Lipinski definition) is 8. The molecule has 3 heterocycles. The highest BCUT2D eigenvalue weighted by Gasteiger charge is 2.63. The van der Waals surface area contributed by atoms with Gasteiger partial charge in [0.05, 0.1) is 5.25 Å². The Hall–Kier alpha value is -3.97. The maximum absolute atomic E-state index is 14.6. The molecule has 2 saturated carbocycles. The Morgan fingerprint density at radius 3 is 2.52 bits per heavy atom. The highest BCUT2D eigenvalue weighted by atomic mass is 32.2. The van der Waals surface area contributed by atoms with Gasteiger partial charge in [-0.2, -0.15) is 0 Å². The van der Waals surface area contributed by atoms with Crippen LogP contribution in [-0.4, -0.2) is 90.1 Å². The molecule has 5 aliphatic rings. The van der Waals surface area contributed by atoms with E-state index in [0.29, 0.717) is 51.9 Å². The lowest BCUT2D eigenvalue weighted by atomic mass is 9.93. The average molecular weight is 734 g/mol. The average Bonchev–Trinajstić information content (AvgIpc) is 3.98. The van der Waals surface area contributed by atoms with E-state index in [9.17, 15) is 27.6 Å². The Kier molecular flexibility index (Phi) is 9.88. The summed E-state index contributed by atoms with van der Waals surface area (Å²) in [4.78, 5) is 59.9. The van der Waals surface area contributed by atoms with Crippen molar-refractivity contribution in [1.29, 1.82) is 0 Å². The lowest BCUT2D eigenvalue weighted by Gasteiger charge is -2.33. The number of benzene rings is 2. The van der Waals surface area contributed by atoms with Gasteiger partial charge in [0.1, 0.15) is 23.2 Å². The minimum absolute atomic E-state index is 0.0225. The van der Waals surface area contributed by atoms with Crippen LogP contribution in [0.15, 0.2) is 54.6 Å². The lowest BCUT2D eigenvalue weighted by molar-refractivity contribution is -0.142. The SMILES string of the molecule is CC(C)(C)OC(=O)N[C@@H]1CCCCC/C=C\[C@@H]2C[C@@]2(C(=O)NS(=O)(=O)C2CC2)NC(=O)[C@@H]2[C@H]3CN(Cc4cccc5ccccc45)C[C@H]3CN2C1=O. The summed E-state index contributed by atoms with van der Waals surface area (Å²) in [6, 6.07) is 12.7. The van der Waals surface area contributed by atoms with E-state index in [-0.39, 0.29) is 30.1 Å². The smallest absolute Gasteiger partial charge is 0.408 e. The molecule has 4 amide bonds. The van der Waals surface area contributed by atoms with Gasteiger partial charge in [-0.1, -0.05) is 67.5 Å². The molecule has 0 aromatic heterocycles. The molecular formula is C39H51N5O7S. The van der Waals surface area contributed by atoms with Crippen LogP contribution in [0.4, 0.5) is 4.79 Å². The van der Waals surface area contributed by atoms with Crippen molar-refractivity contribution in [2.75, 3.05) is 19.6 Å². The highest BCUT2D eigenvalue weighted by molar-refractivity contribution is 7.91. The number of carbonyl (C=O) groups excluding carboxylic acids is 4. The van der Waals surface area contributed by atoms with Gasteiger partial charge in [0.15, 0.2) is 0 Å². The van der Waals surface area contributed by atoms with Gasteiger partial charge >= 0.3 is 6.09 Å². The number of carbonyl (C=O) groups is 4. The summed E-state index contributed by atoms with van der Waals surface area (Å²) < 4.78 is 33.6. The van der Waals surface area contributed by atoms with Crippen molar-refractivity contribution in [3.8, 4) is 0 Å². The van der Waals surface area contributed by atoms with Gasteiger partial charge in [0.25, 0.3) is 5.91 Å². The molecule has 7 rings (SSSR count). The number of rotatable bonds is 6. The summed E-state index contributed by atoms with van der Waals surface area (Å²) in [6.45, 7) is 7.50. The van der Waals surface area contributed by atoms with Crippen molar-refractivity contribution >= 4 is 44.6 Å². The zero-order valence-corrected chi connectivity index (χ0v) is 31.1. The standard InChI is InChI=1S/C39H51N5O7S/c1-38(2,3)51-37(48)40-32-17-8-6-4-5-7-15-28-20-39(28,36(47)42-52(49,50)29-18-19-29)41-34(45)33-31-24-43(22-27(31)23-44(33)35(32)46)21-26-14-11-13-25-12-9-10-16-30(25)26/h7,9-16,27-29,31-33H,4-6,8,17-24H2,1-3H3,(H,40,48)(H,41,45)(H,42,47)/b15-7-/t27-,28+,31-,32+,33-,39+/m0/s1. The number of sulfonamides is 1. The van der Waals surface area contributed by atoms with Crippen LogP contribution in [0.2, 0.25) is 0 Å². The van der Waals surface area contributed by atoms with Gasteiger partial charge in [-0.25, -0.2) is 13.2 Å². The number of nitrogens with zero attached hydrogens (tertiary/aromatic N) is 2. The maximum Gasteiger partial charge on any atom is 0.408 e. The molecule has 3 aliphatic heterocycles. The van der Waals surface area contributed by atoms with Crippen molar-refractivity contribution in [2.45, 2.75) is 107 Å². The largest absolute Gasteiger partial charge is 0.444 e. The maximum atomic E-state index is 14.6. The zero-order valence-electron chi connectivity index (χ0n) is 30.3. The van der Waals surface area contributed by atoms with Gasteiger partial charge in [-0.15, -0.1) is 0 Å². The molecule has 2 aliphatic carbocycles. The van der Waals surface area contributed by atoms with E-state index >= 15 is 0 Å². The Morgan fingerprint density at radius 1 is 0.981 bits per heavy atom. The van der Waals surface area contributed by atoms with Gasteiger partial charge in [0.2, 0.25) is 21.8 Å². The van der Waals surface area contributed by atoms with Crippen LogP contribution in [0.25, 0.3) is 10.8 Å². The summed E-state index contributed by atoms with van der Waals surface area (Å²) >= 11 is 0. The summed E-state index contributed by atoms with van der Waals surface area (Å²) in [7, 11) is -3.85. The number of hydrogen-bond donors (Lipinski definition) is 3. The predicted molar refractivity (Wildman–Crippen MR) is 196 cm³/mol. The predicted octanol–water partition coefficient (Wildman–Crippen LogP) is 4.00. The van der Waals surface area contributed by atoms with Gasteiger partial charge in [-0.3, -0.25) is 24.0 Å². The normalized spacial score (nSPS) is 30.6. The van der Waals surface area contributed by atoms with E-state index in [2.05, 4.69) is 50.6 Å². The molecule has 280 valence electrons. The number of alkyl carbamates (subject to hydrolysis) is 1. The first-order valence-electron chi connectivity index (χ1n) is 18.8. The molecule has 4 fully saturated rings. The number of likely N-dealkylation sites (tertiary alicyclic amines) is 1. The fourth-order valence-electron chi connectivity index (χ4n) is 8.41. The van der Waals surface area contributed by atoms with Gasteiger partial charge < -0.3 is 20.3 Å². The molecule has 2 aromatic carbocycles. The minimum atomic E-state index is -3.85. The molecule has 2 aromatic rings. The number of allylic oxidation sites excluding steroid dienone is 1. The third kappa shape index (κ3) is 7.71. The van der Waals surface area contributed by atoms with Crippen molar-refractivity contribution in [1.82, 2.24) is 25.2 Å². The second kappa shape index (κ2) is 14.1. The summed E-state index contributed by atoms with van der Waals surface area (Å²) in [5, 5.41) is 7.55. The van der Waals surface area contributed by atoms with Gasteiger partial charge in [-0.05, 0) is 81.5 Å². The fourth-order valence-corrected chi connectivity index (χ4v) is 9.78. The molecule has 6 atom stereocenters. The number of amides is 4. The Balaban J connectivity index is 1.18. The second-order valence-electron chi connectivity index (χ2n) is 16.4. The molecule has 0 radical (unpaired) electrons. The van der Waals surface area contributed by atoms with Crippen LogP contribution < -0.4 is 15.4 Å². The molecule has 12 nitrogen and oxygen atoms in total. The van der Waals surface area contributed by atoms with E-state index in [1.807, 2.05) is 24.3 Å². The molecule has 52 heavy (non-hydrogen) atoms. The minimum Gasteiger partial charge on any atom is -0.444 e. The molecule has 0 unspecified atom stereocenters. The highest BCUT2D eigenvalue weighted by Crippen LogP contribution is 2.47. The fraction of sp³-hybridized carbons (Fsp3) is 0.590. The summed E-state index contributed by atoms with van der Waals surface area (Å²) in [6.07, 6.45) is 7.94. The first-order valence-corrected chi connectivity index (χ1v) is 20.3. The van der Waals surface area contributed by atoms with Crippen LogP contribution in [0.3, 0.4) is 0 Å². The van der Waals surface area contributed by atoms with E-state index in [1.165, 1.54) is 10.9 Å². The molecule has 2 saturated heterocycles. The van der Waals surface area contributed by atoms with E-state index in [1.54, 1.807) is 25.7 Å². The quantitative estimate of drug-likeness (QED) is 0.377. The Labute approximate surface area is 306 Å².